The molecule has 1 aromatic carbocycles. The van der Waals surface area contributed by atoms with Gasteiger partial charge in [-0.2, -0.15) is 0 Å². The number of amidine groups is 1. The van der Waals surface area contributed by atoms with Crippen LogP contribution in [0, 0.1) is 0 Å². The molecule has 0 bridgehead atoms. The lowest BCUT2D eigenvalue weighted by atomic mass is 10.0. The Hall–Kier alpha value is -2.71. The van der Waals surface area contributed by atoms with Crippen molar-refractivity contribution in [3.05, 3.63) is 34.9 Å². The van der Waals surface area contributed by atoms with Crippen molar-refractivity contribution in [2.75, 3.05) is 32.8 Å². The number of carbonyl (C=O) groups excluding carboxylic acids is 2. The molecular weight excluding hydrogens is 370 g/mol. The molecule has 3 rings (SSSR count). The molecule has 8 nitrogen and oxygen atoms in total. The van der Waals surface area contributed by atoms with Crippen molar-refractivity contribution in [2.24, 2.45) is 16.5 Å². The molecule has 0 unspecified atom stereocenters. The molecule has 0 atom stereocenters. The van der Waals surface area contributed by atoms with Crippen molar-refractivity contribution in [1.82, 2.24) is 9.96 Å². The van der Waals surface area contributed by atoms with E-state index in [9.17, 15) is 9.59 Å². The third kappa shape index (κ3) is 5.02. The minimum absolute atomic E-state index is 0.00732. The first-order chi connectivity index (χ1) is 14.0. The van der Waals surface area contributed by atoms with Crippen LogP contribution < -0.4 is 11.5 Å². The fourth-order valence-corrected chi connectivity index (χ4v) is 3.51. The summed E-state index contributed by atoms with van der Waals surface area (Å²) in [5.41, 5.74) is 14.0. The van der Waals surface area contributed by atoms with Gasteiger partial charge >= 0.3 is 0 Å². The predicted octanol–water partition coefficient (Wildman–Crippen LogP) is 1.83. The summed E-state index contributed by atoms with van der Waals surface area (Å²) >= 11 is 0. The first kappa shape index (κ1) is 21.0. The van der Waals surface area contributed by atoms with Crippen LogP contribution in [0.15, 0.2) is 28.8 Å². The summed E-state index contributed by atoms with van der Waals surface area (Å²) in [6.07, 6.45) is 4.83. The highest BCUT2D eigenvalue weighted by Gasteiger charge is 2.24. The average Bonchev–Trinajstić information content (AvgIpc) is 3.19. The molecule has 1 fully saturated rings. The summed E-state index contributed by atoms with van der Waals surface area (Å²) < 4.78 is 0. The van der Waals surface area contributed by atoms with E-state index in [2.05, 4.69) is 4.99 Å². The summed E-state index contributed by atoms with van der Waals surface area (Å²) in [4.78, 5) is 37.5. The normalized spacial score (nSPS) is 16.0. The molecule has 4 N–H and O–H groups in total. The molecule has 1 aromatic rings. The van der Waals surface area contributed by atoms with Gasteiger partial charge in [-0.25, -0.2) is 10.1 Å². The monoisotopic (exact) mass is 399 g/mol. The number of nitrogens with zero attached hydrogens (tertiary/aromatic N) is 3. The fourth-order valence-electron chi connectivity index (χ4n) is 3.51. The molecule has 1 saturated heterocycles. The van der Waals surface area contributed by atoms with E-state index in [1.807, 2.05) is 17.9 Å². The molecular formula is C21H29N5O3. The number of nitrogens with two attached hydrogens (primary N) is 2. The zero-order valence-electron chi connectivity index (χ0n) is 16.9. The van der Waals surface area contributed by atoms with Crippen LogP contribution in [0.5, 0.6) is 0 Å². The second-order valence-corrected chi connectivity index (χ2v) is 7.25. The Morgan fingerprint density at radius 1 is 1.28 bits per heavy atom. The third-order valence-electron chi connectivity index (χ3n) is 4.93. The van der Waals surface area contributed by atoms with Gasteiger partial charge in [0.1, 0.15) is 5.84 Å². The number of hydrogen-bond acceptors (Lipinski definition) is 6. The van der Waals surface area contributed by atoms with Crippen LogP contribution in [0.3, 0.4) is 0 Å². The minimum Gasteiger partial charge on any atom is -0.387 e. The quantitative estimate of drug-likeness (QED) is 0.679. The van der Waals surface area contributed by atoms with E-state index in [0.717, 1.165) is 37.9 Å². The van der Waals surface area contributed by atoms with E-state index in [-0.39, 0.29) is 24.8 Å². The molecule has 0 spiro atoms. The van der Waals surface area contributed by atoms with E-state index in [4.69, 9.17) is 16.3 Å². The predicted molar refractivity (Wildman–Crippen MR) is 112 cm³/mol. The number of fused-ring (bicyclic) bond motifs is 1. The Bertz CT molecular complexity index is 828. The number of hydroxylamine groups is 2. The molecule has 0 radical (unpaired) electrons. The highest BCUT2D eigenvalue weighted by Crippen LogP contribution is 2.29. The van der Waals surface area contributed by atoms with Crippen molar-refractivity contribution in [3.8, 4) is 0 Å². The molecule has 0 aliphatic carbocycles. The zero-order chi connectivity index (χ0) is 20.8. The maximum absolute atomic E-state index is 13.0. The van der Waals surface area contributed by atoms with Gasteiger partial charge in [0.15, 0.2) is 0 Å². The first-order valence-corrected chi connectivity index (χ1v) is 10.1. The van der Waals surface area contributed by atoms with Crippen LogP contribution in [0.25, 0.3) is 6.08 Å². The highest BCUT2D eigenvalue weighted by atomic mass is 16.7. The Balaban J connectivity index is 1.87. The summed E-state index contributed by atoms with van der Waals surface area (Å²) in [5.74, 6) is 0.0841. The van der Waals surface area contributed by atoms with Crippen LogP contribution in [-0.4, -0.2) is 60.4 Å². The van der Waals surface area contributed by atoms with Crippen molar-refractivity contribution in [3.63, 3.8) is 0 Å². The molecule has 2 aliphatic heterocycles. The summed E-state index contributed by atoms with van der Waals surface area (Å²) in [6, 6.07) is 5.35. The van der Waals surface area contributed by atoms with Gasteiger partial charge in [-0.05, 0) is 37.5 Å². The minimum atomic E-state index is -0.247. The lowest BCUT2D eigenvalue weighted by Crippen LogP contribution is -2.35. The first-order valence-electron chi connectivity index (χ1n) is 10.1. The zero-order valence-corrected chi connectivity index (χ0v) is 16.9. The van der Waals surface area contributed by atoms with Gasteiger partial charge in [0, 0.05) is 49.3 Å². The number of aliphatic imine (C=N–C) groups is 1. The molecule has 8 heteroatoms. The molecule has 29 heavy (non-hydrogen) atoms. The van der Waals surface area contributed by atoms with Crippen molar-refractivity contribution in [1.29, 1.82) is 0 Å². The number of hydrogen-bond donors (Lipinski definition) is 2. The van der Waals surface area contributed by atoms with E-state index in [1.54, 1.807) is 18.2 Å². The number of benzene rings is 1. The van der Waals surface area contributed by atoms with Gasteiger partial charge in [0.25, 0.3) is 11.8 Å². The number of amides is 2. The smallest absolute Gasteiger partial charge is 0.273 e. The Kier molecular flexibility index (Phi) is 7.00. The largest absolute Gasteiger partial charge is 0.387 e. The van der Waals surface area contributed by atoms with E-state index >= 15 is 0 Å². The Labute approximate surface area is 171 Å². The van der Waals surface area contributed by atoms with Crippen LogP contribution in [0.1, 0.15) is 48.5 Å². The second-order valence-electron chi connectivity index (χ2n) is 7.25. The van der Waals surface area contributed by atoms with Gasteiger partial charge in [-0.1, -0.05) is 13.0 Å². The Morgan fingerprint density at radius 3 is 2.72 bits per heavy atom. The van der Waals surface area contributed by atoms with Gasteiger partial charge < -0.3 is 16.4 Å². The Morgan fingerprint density at radius 2 is 2.03 bits per heavy atom. The lowest BCUT2D eigenvalue weighted by Gasteiger charge is -2.22. The fraction of sp³-hybridized carbons (Fsp3) is 0.476. The van der Waals surface area contributed by atoms with Crippen molar-refractivity contribution in [2.45, 2.75) is 32.6 Å². The molecule has 2 amide bonds. The molecule has 2 heterocycles. The van der Waals surface area contributed by atoms with Gasteiger partial charge in [-0.15, -0.1) is 0 Å². The average molecular weight is 399 g/mol. The maximum atomic E-state index is 13.0. The van der Waals surface area contributed by atoms with E-state index < -0.39 is 0 Å². The van der Waals surface area contributed by atoms with Crippen molar-refractivity contribution >= 4 is 29.4 Å². The van der Waals surface area contributed by atoms with E-state index in [1.165, 1.54) is 5.06 Å². The summed E-state index contributed by atoms with van der Waals surface area (Å²) in [7, 11) is 0. The third-order valence-corrected chi connectivity index (χ3v) is 4.93. The number of likely N-dealkylation sites (tertiary alicyclic amines) is 1. The summed E-state index contributed by atoms with van der Waals surface area (Å²) in [5, 5.41) is 1.34. The van der Waals surface area contributed by atoms with Crippen LogP contribution in [0.4, 0.5) is 5.69 Å². The molecule has 2 aliphatic rings. The summed E-state index contributed by atoms with van der Waals surface area (Å²) in [6.45, 7) is 4.60. The van der Waals surface area contributed by atoms with Crippen LogP contribution in [0.2, 0.25) is 0 Å². The molecule has 0 saturated carbocycles. The van der Waals surface area contributed by atoms with Gasteiger partial charge in [0.05, 0.1) is 12.3 Å². The maximum Gasteiger partial charge on any atom is 0.273 e. The lowest BCUT2D eigenvalue weighted by molar-refractivity contribution is -0.181. The van der Waals surface area contributed by atoms with Gasteiger partial charge in [-0.3, -0.25) is 14.4 Å². The highest BCUT2D eigenvalue weighted by molar-refractivity contribution is 6.05. The molecule has 156 valence electrons. The number of carbonyl (C=O) groups is 2. The van der Waals surface area contributed by atoms with Gasteiger partial charge in [0.2, 0.25) is 0 Å². The van der Waals surface area contributed by atoms with E-state index in [0.29, 0.717) is 35.7 Å². The second kappa shape index (κ2) is 9.67. The van der Waals surface area contributed by atoms with Crippen LogP contribution in [-0.2, 0) is 9.63 Å². The van der Waals surface area contributed by atoms with Crippen LogP contribution >= 0.6 is 0 Å². The molecule has 0 aromatic heterocycles. The number of rotatable bonds is 7. The SMILES string of the molecule is CCCN(OCCN)C(=O)C1=Cc2ccc(C(=O)N3CCCC3)cc2N=C(N)C1. The topological polar surface area (TPSA) is 114 Å². The standard InChI is InChI=1S/C21H29N5O3/c1-2-8-26(29-11-7-22)21(28)17-12-15-5-6-16(13-18(15)24-19(23)14-17)20(27)25-9-3-4-10-25/h5-6,12-13H,2-4,7-11,14,22H2,1H3,(H2,23,24). The van der Waals surface area contributed by atoms with Crippen molar-refractivity contribution < 1.29 is 14.4 Å².